The first kappa shape index (κ1) is 27.7. The summed E-state index contributed by atoms with van der Waals surface area (Å²) < 4.78 is 21.3. The molecule has 0 saturated carbocycles. The van der Waals surface area contributed by atoms with Crippen LogP contribution in [-0.2, 0) is 28.5 Å². The predicted molar refractivity (Wildman–Crippen MR) is 109 cm³/mol. The zero-order chi connectivity index (χ0) is 23.2. The van der Waals surface area contributed by atoms with E-state index in [9.17, 15) is 30.0 Å². The van der Waals surface area contributed by atoms with Crippen LogP contribution in [0.5, 0.6) is 0 Å². The summed E-state index contributed by atoms with van der Waals surface area (Å²) in [5.41, 5.74) is 0. The summed E-state index contributed by atoms with van der Waals surface area (Å²) in [6, 6.07) is 0. The topological polar surface area (TPSA) is 152 Å². The van der Waals surface area contributed by atoms with Crippen LogP contribution < -0.4 is 0 Å². The Labute approximate surface area is 183 Å². The van der Waals surface area contributed by atoms with Crippen LogP contribution in [0, 0.1) is 0 Å². The molecule has 0 unspecified atom stereocenters. The summed E-state index contributed by atoms with van der Waals surface area (Å²) in [6.45, 7) is 2.96. The molecule has 10 heteroatoms. The summed E-state index contributed by atoms with van der Waals surface area (Å²) in [4.78, 5) is 24.0. The third kappa shape index (κ3) is 10.2. The molecule has 0 spiro atoms. The molecule has 6 atom stereocenters. The van der Waals surface area contributed by atoms with Gasteiger partial charge in [0.2, 0.25) is 0 Å². The van der Waals surface area contributed by atoms with Crippen LogP contribution in [0.1, 0.15) is 65.2 Å². The van der Waals surface area contributed by atoms with E-state index in [0.29, 0.717) is 12.8 Å². The number of hydrogen-bond donors (Lipinski definition) is 4. The maximum atomic E-state index is 12.1. The van der Waals surface area contributed by atoms with E-state index < -0.39 is 55.4 Å². The highest BCUT2D eigenvalue weighted by Crippen LogP contribution is 2.22. The molecule has 0 bridgehead atoms. The quantitative estimate of drug-likeness (QED) is 0.204. The van der Waals surface area contributed by atoms with Crippen molar-refractivity contribution in [3.63, 3.8) is 0 Å². The van der Waals surface area contributed by atoms with Crippen LogP contribution in [0.25, 0.3) is 0 Å². The Morgan fingerprint density at radius 2 is 1.48 bits per heavy atom. The van der Waals surface area contributed by atoms with Gasteiger partial charge in [-0.05, 0) is 12.8 Å². The zero-order valence-corrected chi connectivity index (χ0v) is 18.5. The molecule has 0 amide bonds. The van der Waals surface area contributed by atoms with Crippen molar-refractivity contribution in [2.75, 3.05) is 19.8 Å². The molecule has 1 aliphatic rings. The molecule has 1 rings (SSSR count). The van der Waals surface area contributed by atoms with Gasteiger partial charge in [0, 0.05) is 12.8 Å². The largest absolute Gasteiger partial charge is 0.462 e. The van der Waals surface area contributed by atoms with E-state index in [-0.39, 0.29) is 26.1 Å². The maximum absolute atomic E-state index is 12.1. The molecule has 1 aliphatic heterocycles. The molecule has 4 N–H and O–H groups in total. The maximum Gasteiger partial charge on any atom is 0.306 e. The smallest absolute Gasteiger partial charge is 0.306 e. The minimum atomic E-state index is -1.58. The van der Waals surface area contributed by atoms with Gasteiger partial charge in [0.25, 0.3) is 0 Å². The van der Waals surface area contributed by atoms with E-state index in [0.717, 1.165) is 25.7 Å². The number of esters is 2. The fourth-order valence-electron chi connectivity index (χ4n) is 3.06. The van der Waals surface area contributed by atoms with Gasteiger partial charge < -0.3 is 39.4 Å². The normalized spacial score (nSPS) is 27.0. The number of carbonyl (C=O) groups excluding carboxylic acids is 2. The van der Waals surface area contributed by atoms with Gasteiger partial charge in [0.15, 0.2) is 12.4 Å². The summed E-state index contributed by atoms with van der Waals surface area (Å²) in [5, 5.41) is 39.0. The lowest BCUT2D eigenvalue weighted by Gasteiger charge is -2.39. The van der Waals surface area contributed by atoms with E-state index in [1.54, 1.807) is 0 Å². The lowest BCUT2D eigenvalue weighted by molar-refractivity contribution is -0.305. The Kier molecular flexibility index (Phi) is 13.9. The molecule has 0 radical (unpaired) electrons. The van der Waals surface area contributed by atoms with Gasteiger partial charge in [-0.1, -0.05) is 39.5 Å². The van der Waals surface area contributed by atoms with E-state index >= 15 is 0 Å². The van der Waals surface area contributed by atoms with Gasteiger partial charge in [0.05, 0.1) is 13.2 Å². The van der Waals surface area contributed by atoms with Gasteiger partial charge in [0.1, 0.15) is 31.0 Å². The number of rotatable bonds is 15. The van der Waals surface area contributed by atoms with Crippen molar-refractivity contribution >= 4 is 11.9 Å². The van der Waals surface area contributed by atoms with Crippen LogP contribution in [0.4, 0.5) is 0 Å². The molecule has 1 heterocycles. The summed E-state index contributed by atoms with van der Waals surface area (Å²) >= 11 is 0. The van der Waals surface area contributed by atoms with Crippen LogP contribution in [0.15, 0.2) is 0 Å². The molecule has 1 fully saturated rings. The Balaban J connectivity index is 2.62. The zero-order valence-electron chi connectivity index (χ0n) is 18.5. The number of aliphatic hydroxyl groups excluding tert-OH is 4. The van der Waals surface area contributed by atoms with Crippen LogP contribution in [0.2, 0.25) is 0 Å². The standard InChI is InChI=1S/C21H38O10/c1-3-5-7-9-16(23)28-12-14(30-17(24)10-8-6-4-2)13-29-21-20(27)19(26)18(25)15(11-22)31-21/h14-15,18-22,25-27H,3-13H2,1-2H3/t14-,15-,18+,19+,20-,21-/m1/s1. The van der Waals surface area contributed by atoms with Gasteiger partial charge in [-0.15, -0.1) is 0 Å². The van der Waals surface area contributed by atoms with Crippen LogP contribution in [-0.4, -0.2) is 89.0 Å². The SMILES string of the molecule is CCCCCC(=O)OC[C@H](CO[C@@H]1O[C@H](CO)[C@H](O)[C@H](O)[C@H]1O)OC(=O)CCCCC. The van der Waals surface area contributed by atoms with Crippen molar-refractivity contribution in [3.8, 4) is 0 Å². The van der Waals surface area contributed by atoms with Crippen molar-refractivity contribution < 1.29 is 49.0 Å². The fourth-order valence-corrected chi connectivity index (χ4v) is 3.06. The highest BCUT2D eigenvalue weighted by molar-refractivity contribution is 5.70. The lowest BCUT2D eigenvalue weighted by atomic mass is 9.99. The molecule has 10 nitrogen and oxygen atoms in total. The monoisotopic (exact) mass is 450 g/mol. The van der Waals surface area contributed by atoms with Crippen LogP contribution >= 0.6 is 0 Å². The van der Waals surface area contributed by atoms with Crippen molar-refractivity contribution in [1.82, 2.24) is 0 Å². The van der Waals surface area contributed by atoms with E-state index in [4.69, 9.17) is 18.9 Å². The van der Waals surface area contributed by atoms with Crippen molar-refractivity contribution in [2.24, 2.45) is 0 Å². The van der Waals surface area contributed by atoms with E-state index in [1.165, 1.54) is 0 Å². The second-order valence-corrected chi connectivity index (χ2v) is 7.74. The summed E-state index contributed by atoms with van der Waals surface area (Å²) in [5.74, 6) is -0.869. The summed E-state index contributed by atoms with van der Waals surface area (Å²) in [6.07, 6.45) is -2.50. The minimum Gasteiger partial charge on any atom is -0.462 e. The molecular weight excluding hydrogens is 412 g/mol. The Morgan fingerprint density at radius 3 is 2.06 bits per heavy atom. The average Bonchev–Trinajstić information content (AvgIpc) is 2.75. The predicted octanol–water partition coefficient (Wildman–Crippen LogP) is 0.419. The van der Waals surface area contributed by atoms with Gasteiger partial charge in [-0.2, -0.15) is 0 Å². The molecule has 0 aromatic rings. The average molecular weight is 451 g/mol. The Hall–Kier alpha value is -1.30. The molecule has 31 heavy (non-hydrogen) atoms. The highest BCUT2D eigenvalue weighted by Gasteiger charge is 2.44. The van der Waals surface area contributed by atoms with Crippen molar-refractivity contribution in [1.29, 1.82) is 0 Å². The van der Waals surface area contributed by atoms with Crippen LogP contribution in [0.3, 0.4) is 0 Å². The molecule has 0 aliphatic carbocycles. The first-order valence-corrected chi connectivity index (χ1v) is 11.1. The highest BCUT2D eigenvalue weighted by atomic mass is 16.7. The Morgan fingerprint density at radius 1 is 0.871 bits per heavy atom. The summed E-state index contributed by atoms with van der Waals surface area (Å²) in [7, 11) is 0. The molecule has 0 aromatic heterocycles. The molecule has 0 aromatic carbocycles. The van der Waals surface area contributed by atoms with Crippen molar-refractivity contribution in [2.45, 2.75) is 102 Å². The molecule has 1 saturated heterocycles. The second-order valence-electron chi connectivity index (χ2n) is 7.74. The number of aliphatic hydroxyl groups is 4. The van der Waals surface area contributed by atoms with E-state index in [2.05, 4.69) is 0 Å². The van der Waals surface area contributed by atoms with Gasteiger partial charge in [-0.25, -0.2) is 0 Å². The first-order chi connectivity index (χ1) is 14.8. The number of unbranched alkanes of at least 4 members (excludes halogenated alkanes) is 4. The first-order valence-electron chi connectivity index (χ1n) is 11.1. The third-order valence-electron chi connectivity index (χ3n) is 4.99. The van der Waals surface area contributed by atoms with Gasteiger partial charge in [-0.3, -0.25) is 9.59 Å². The third-order valence-corrected chi connectivity index (χ3v) is 4.99. The van der Waals surface area contributed by atoms with E-state index in [1.807, 2.05) is 13.8 Å². The lowest BCUT2D eigenvalue weighted by Crippen LogP contribution is -2.59. The van der Waals surface area contributed by atoms with Crippen molar-refractivity contribution in [3.05, 3.63) is 0 Å². The number of carbonyl (C=O) groups is 2. The molecule has 182 valence electrons. The minimum absolute atomic E-state index is 0.217. The fraction of sp³-hybridized carbons (Fsp3) is 0.905. The second kappa shape index (κ2) is 15.5. The van der Waals surface area contributed by atoms with Gasteiger partial charge >= 0.3 is 11.9 Å². The molecular formula is C21H38O10. The number of hydrogen-bond acceptors (Lipinski definition) is 10. The number of ether oxygens (including phenoxy) is 4. The Bertz CT molecular complexity index is 512.